The van der Waals surface area contributed by atoms with Crippen LogP contribution in [-0.2, 0) is 0 Å². The normalized spacial score (nSPS) is 18.2. The largest absolute Gasteiger partial charge is 0.394 e. The van der Waals surface area contributed by atoms with Crippen LogP contribution in [0.2, 0.25) is 0 Å². The SMILES string of the molecule is CCCCC(CC)CC(C)(N)CO. The van der Waals surface area contributed by atoms with E-state index in [2.05, 4.69) is 13.8 Å². The van der Waals surface area contributed by atoms with Crippen LogP contribution < -0.4 is 5.73 Å². The summed E-state index contributed by atoms with van der Waals surface area (Å²) in [5.74, 6) is 0.682. The van der Waals surface area contributed by atoms with Gasteiger partial charge in [0.15, 0.2) is 0 Å². The van der Waals surface area contributed by atoms with Crippen LogP contribution in [0.5, 0.6) is 0 Å². The van der Waals surface area contributed by atoms with Crippen LogP contribution in [0.25, 0.3) is 0 Å². The second-order valence-corrected chi connectivity index (χ2v) is 4.43. The summed E-state index contributed by atoms with van der Waals surface area (Å²) >= 11 is 0. The Morgan fingerprint density at radius 3 is 2.38 bits per heavy atom. The lowest BCUT2D eigenvalue weighted by Gasteiger charge is -2.27. The lowest BCUT2D eigenvalue weighted by atomic mass is 9.86. The highest BCUT2D eigenvalue weighted by Gasteiger charge is 2.21. The molecule has 0 aliphatic carbocycles. The number of aliphatic hydroxyl groups excluding tert-OH is 1. The summed E-state index contributed by atoms with van der Waals surface area (Å²) in [6.07, 6.45) is 5.89. The van der Waals surface area contributed by atoms with Crippen LogP contribution in [0.3, 0.4) is 0 Å². The van der Waals surface area contributed by atoms with E-state index in [0.717, 1.165) is 6.42 Å². The molecule has 0 radical (unpaired) electrons. The average Bonchev–Trinajstić information content (AvgIpc) is 2.12. The predicted molar refractivity (Wildman–Crippen MR) is 57.6 cm³/mol. The van der Waals surface area contributed by atoms with Crippen molar-refractivity contribution in [3.63, 3.8) is 0 Å². The molecular weight excluding hydrogens is 162 g/mol. The summed E-state index contributed by atoms with van der Waals surface area (Å²) in [4.78, 5) is 0. The molecule has 0 fully saturated rings. The highest BCUT2D eigenvalue weighted by atomic mass is 16.3. The van der Waals surface area contributed by atoms with Crippen molar-refractivity contribution in [2.75, 3.05) is 6.61 Å². The third kappa shape index (κ3) is 6.05. The Morgan fingerprint density at radius 1 is 1.38 bits per heavy atom. The molecule has 0 aliphatic rings. The van der Waals surface area contributed by atoms with Gasteiger partial charge in [0, 0.05) is 5.54 Å². The first-order chi connectivity index (χ1) is 6.05. The zero-order chi connectivity index (χ0) is 10.3. The number of rotatable bonds is 7. The Bertz CT molecular complexity index is 123. The van der Waals surface area contributed by atoms with E-state index in [1.54, 1.807) is 0 Å². The van der Waals surface area contributed by atoms with E-state index >= 15 is 0 Å². The van der Waals surface area contributed by atoms with E-state index in [9.17, 15) is 0 Å². The molecule has 0 aromatic heterocycles. The maximum absolute atomic E-state index is 9.04. The van der Waals surface area contributed by atoms with Crippen molar-refractivity contribution in [1.82, 2.24) is 0 Å². The summed E-state index contributed by atoms with van der Waals surface area (Å²) in [6, 6.07) is 0. The van der Waals surface area contributed by atoms with Gasteiger partial charge in [-0.2, -0.15) is 0 Å². The number of nitrogens with two attached hydrogens (primary N) is 1. The number of unbranched alkanes of at least 4 members (excludes halogenated alkanes) is 1. The zero-order valence-electron chi connectivity index (χ0n) is 9.34. The molecule has 0 spiro atoms. The fourth-order valence-corrected chi connectivity index (χ4v) is 1.67. The van der Waals surface area contributed by atoms with Crippen LogP contribution in [0.4, 0.5) is 0 Å². The van der Waals surface area contributed by atoms with E-state index in [1.807, 2.05) is 6.92 Å². The Labute approximate surface area is 82.5 Å². The molecule has 2 atom stereocenters. The molecule has 0 heterocycles. The van der Waals surface area contributed by atoms with Crippen molar-refractivity contribution in [1.29, 1.82) is 0 Å². The Kier molecular flexibility index (Phi) is 6.35. The highest BCUT2D eigenvalue weighted by molar-refractivity contribution is 4.80. The van der Waals surface area contributed by atoms with Gasteiger partial charge in [-0.15, -0.1) is 0 Å². The first-order valence-corrected chi connectivity index (χ1v) is 5.45. The van der Waals surface area contributed by atoms with Gasteiger partial charge >= 0.3 is 0 Å². The third-order valence-corrected chi connectivity index (χ3v) is 2.66. The average molecular weight is 187 g/mol. The molecule has 0 bridgehead atoms. The molecule has 0 saturated heterocycles. The molecule has 0 saturated carbocycles. The Hall–Kier alpha value is -0.0800. The van der Waals surface area contributed by atoms with Crippen LogP contribution in [0, 0.1) is 5.92 Å². The summed E-state index contributed by atoms with van der Waals surface area (Å²) in [6.45, 7) is 6.44. The quantitative estimate of drug-likeness (QED) is 0.642. The second kappa shape index (κ2) is 6.39. The van der Waals surface area contributed by atoms with E-state index in [4.69, 9.17) is 10.8 Å². The minimum Gasteiger partial charge on any atom is -0.394 e. The molecule has 13 heavy (non-hydrogen) atoms. The highest BCUT2D eigenvalue weighted by Crippen LogP contribution is 2.22. The van der Waals surface area contributed by atoms with E-state index in [-0.39, 0.29) is 12.1 Å². The monoisotopic (exact) mass is 187 g/mol. The summed E-state index contributed by atoms with van der Waals surface area (Å²) < 4.78 is 0. The number of hydrogen-bond donors (Lipinski definition) is 2. The Morgan fingerprint density at radius 2 is 2.00 bits per heavy atom. The lowest BCUT2D eigenvalue weighted by Crippen LogP contribution is -2.41. The van der Waals surface area contributed by atoms with Crippen LogP contribution in [0.1, 0.15) is 52.9 Å². The molecular formula is C11H25NO. The lowest BCUT2D eigenvalue weighted by molar-refractivity contribution is 0.176. The van der Waals surface area contributed by atoms with Gasteiger partial charge in [0.1, 0.15) is 0 Å². The molecule has 2 nitrogen and oxygen atoms in total. The number of aliphatic hydroxyl groups is 1. The standard InChI is InChI=1S/C11H25NO/c1-4-6-7-10(5-2)8-11(3,12)9-13/h10,13H,4-9,12H2,1-3H3. The molecule has 0 aromatic carbocycles. The molecule has 2 heteroatoms. The summed E-state index contributed by atoms with van der Waals surface area (Å²) in [5, 5.41) is 9.04. The van der Waals surface area contributed by atoms with Crippen molar-refractivity contribution < 1.29 is 5.11 Å². The smallest absolute Gasteiger partial charge is 0.0608 e. The predicted octanol–water partition coefficient (Wildman–Crippen LogP) is 2.30. The van der Waals surface area contributed by atoms with Gasteiger partial charge in [0.25, 0.3) is 0 Å². The molecule has 3 N–H and O–H groups in total. The van der Waals surface area contributed by atoms with E-state index in [1.165, 1.54) is 25.7 Å². The molecule has 0 rings (SSSR count). The van der Waals surface area contributed by atoms with Crippen molar-refractivity contribution in [2.45, 2.75) is 58.4 Å². The maximum Gasteiger partial charge on any atom is 0.0608 e. The number of hydrogen-bond acceptors (Lipinski definition) is 2. The second-order valence-electron chi connectivity index (χ2n) is 4.43. The molecule has 0 amide bonds. The van der Waals surface area contributed by atoms with E-state index in [0.29, 0.717) is 5.92 Å². The summed E-state index contributed by atoms with van der Waals surface area (Å²) in [5.41, 5.74) is 5.53. The Balaban J connectivity index is 3.82. The van der Waals surface area contributed by atoms with Gasteiger partial charge in [-0.05, 0) is 19.3 Å². The molecule has 80 valence electrons. The minimum absolute atomic E-state index is 0.0929. The maximum atomic E-state index is 9.04. The van der Waals surface area contributed by atoms with Gasteiger partial charge in [-0.3, -0.25) is 0 Å². The third-order valence-electron chi connectivity index (χ3n) is 2.66. The fraction of sp³-hybridized carbons (Fsp3) is 1.00. The van der Waals surface area contributed by atoms with Gasteiger partial charge in [0.2, 0.25) is 0 Å². The van der Waals surface area contributed by atoms with E-state index < -0.39 is 0 Å². The van der Waals surface area contributed by atoms with Crippen LogP contribution in [-0.4, -0.2) is 17.3 Å². The first kappa shape index (κ1) is 12.9. The molecule has 2 unspecified atom stereocenters. The minimum atomic E-state index is -0.381. The van der Waals surface area contributed by atoms with Crippen molar-refractivity contribution in [2.24, 2.45) is 11.7 Å². The van der Waals surface area contributed by atoms with Crippen molar-refractivity contribution in [3.05, 3.63) is 0 Å². The van der Waals surface area contributed by atoms with Crippen molar-refractivity contribution >= 4 is 0 Å². The van der Waals surface area contributed by atoms with Gasteiger partial charge in [0.05, 0.1) is 6.61 Å². The molecule has 0 aliphatic heterocycles. The van der Waals surface area contributed by atoms with Crippen LogP contribution in [0.15, 0.2) is 0 Å². The molecule has 0 aromatic rings. The van der Waals surface area contributed by atoms with Crippen molar-refractivity contribution in [3.8, 4) is 0 Å². The topological polar surface area (TPSA) is 46.2 Å². The van der Waals surface area contributed by atoms with Crippen LogP contribution >= 0.6 is 0 Å². The summed E-state index contributed by atoms with van der Waals surface area (Å²) in [7, 11) is 0. The fourth-order valence-electron chi connectivity index (χ4n) is 1.67. The first-order valence-electron chi connectivity index (χ1n) is 5.45. The zero-order valence-corrected chi connectivity index (χ0v) is 9.34. The van der Waals surface area contributed by atoms with Gasteiger partial charge < -0.3 is 10.8 Å². The van der Waals surface area contributed by atoms with Gasteiger partial charge in [-0.25, -0.2) is 0 Å². The van der Waals surface area contributed by atoms with Gasteiger partial charge in [-0.1, -0.05) is 39.5 Å².